The van der Waals surface area contributed by atoms with Gasteiger partial charge in [0, 0.05) is 16.8 Å². The van der Waals surface area contributed by atoms with Crippen LogP contribution in [0.5, 0.6) is 5.75 Å². The van der Waals surface area contributed by atoms with Gasteiger partial charge in [0.15, 0.2) is 5.78 Å². The number of ketones is 1. The van der Waals surface area contributed by atoms with Crippen molar-refractivity contribution in [3.8, 4) is 5.75 Å². The molecule has 1 aliphatic heterocycles. The van der Waals surface area contributed by atoms with Gasteiger partial charge in [0.05, 0.1) is 12.0 Å². The van der Waals surface area contributed by atoms with E-state index >= 15 is 0 Å². The van der Waals surface area contributed by atoms with Crippen LogP contribution in [0.1, 0.15) is 28.4 Å². The average Bonchev–Trinajstić information content (AvgIpc) is 2.38. The first-order chi connectivity index (χ1) is 9.13. The number of hydrogen-bond donors (Lipinski definition) is 1. The zero-order chi connectivity index (χ0) is 13.4. The highest BCUT2D eigenvalue weighted by Gasteiger charge is 2.27. The molecule has 0 bridgehead atoms. The van der Waals surface area contributed by atoms with Gasteiger partial charge in [-0.1, -0.05) is 23.7 Å². The van der Waals surface area contributed by atoms with Crippen molar-refractivity contribution in [3.63, 3.8) is 0 Å². The van der Waals surface area contributed by atoms with E-state index < -0.39 is 0 Å². The van der Waals surface area contributed by atoms with E-state index in [0.29, 0.717) is 28.4 Å². The maximum Gasteiger partial charge on any atom is 0.170 e. The van der Waals surface area contributed by atoms with Crippen LogP contribution in [0.25, 0.3) is 0 Å². The van der Waals surface area contributed by atoms with Gasteiger partial charge in [-0.25, -0.2) is 0 Å². The van der Waals surface area contributed by atoms with Crippen molar-refractivity contribution in [3.05, 3.63) is 58.6 Å². The number of fused-ring (bicyclic) bond motifs is 1. The topological polar surface area (TPSA) is 52.3 Å². The molecule has 0 saturated heterocycles. The fourth-order valence-corrected chi connectivity index (χ4v) is 2.43. The maximum atomic E-state index is 12.1. The molecule has 0 saturated carbocycles. The highest BCUT2D eigenvalue weighted by atomic mass is 35.5. The minimum absolute atomic E-state index is 0.0613. The Labute approximate surface area is 115 Å². The Hall–Kier alpha value is -2.00. The van der Waals surface area contributed by atoms with Gasteiger partial charge in [0.25, 0.3) is 0 Å². The quantitative estimate of drug-likeness (QED) is 0.807. The molecule has 1 heterocycles. The Morgan fingerprint density at radius 1 is 1.21 bits per heavy atom. The number of halogens is 1. The van der Waals surface area contributed by atoms with Crippen molar-refractivity contribution in [2.75, 3.05) is 5.73 Å². The molecule has 1 aliphatic rings. The number of nitrogens with two attached hydrogens (primary N) is 1. The standard InChI is InChI=1S/C15H12ClNO2/c16-10-3-1-2-9(6-10)14-8-13(18)12-5-4-11(17)7-15(12)19-14/h1-7,14H,8,17H2. The number of rotatable bonds is 1. The number of nitrogen functional groups attached to an aromatic ring is 1. The van der Waals surface area contributed by atoms with Gasteiger partial charge in [0.1, 0.15) is 11.9 Å². The normalized spacial score (nSPS) is 17.7. The summed E-state index contributed by atoms with van der Waals surface area (Å²) < 4.78 is 5.86. The zero-order valence-electron chi connectivity index (χ0n) is 10.1. The van der Waals surface area contributed by atoms with E-state index in [2.05, 4.69) is 0 Å². The Morgan fingerprint density at radius 3 is 2.84 bits per heavy atom. The highest BCUT2D eigenvalue weighted by molar-refractivity contribution is 6.30. The molecule has 3 rings (SSSR count). The molecule has 0 fully saturated rings. The molecule has 0 spiro atoms. The lowest BCUT2D eigenvalue weighted by atomic mass is 9.96. The molecule has 2 aromatic carbocycles. The number of carbonyl (C=O) groups is 1. The summed E-state index contributed by atoms with van der Waals surface area (Å²) in [5.41, 5.74) is 7.79. The molecule has 0 amide bonds. The molecular weight excluding hydrogens is 262 g/mol. The molecule has 96 valence electrons. The predicted molar refractivity (Wildman–Crippen MR) is 74.6 cm³/mol. The molecule has 2 N–H and O–H groups in total. The Bertz CT molecular complexity index is 654. The van der Waals surface area contributed by atoms with E-state index in [1.807, 2.05) is 18.2 Å². The van der Waals surface area contributed by atoms with Crippen molar-refractivity contribution >= 4 is 23.1 Å². The summed E-state index contributed by atoms with van der Waals surface area (Å²) in [5, 5.41) is 0.631. The average molecular weight is 274 g/mol. The third kappa shape index (κ3) is 2.29. The lowest BCUT2D eigenvalue weighted by molar-refractivity contribution is 0.0850. The molecule has 1 unspecified atom stereocenters. The minimum Gasteiger partial charge on any atom is -0.484 e. The molecule has 0 radical (unpaired) electrons. The maximum absolute atomic E-state index is 12.1. The van der Waals surface area contributed by atoms with Crippen molar-refractivity contribution in [2.24, 2.45) is 0 Å². The minimum atomic E-state index is -0.305. The Morgan fingerprint density at radius 2 is 2.05 bits per heavy atom. The Balaban J connectivity index is 1.98. The fraction of sp³-hybridized carbons (Fsp3) is 0.133. The van der Waals surface area contributed by atoms with Crippen molar-refractivity contribution < 1.29 is 9.53 Å². The molecule has 2 aromatic rings. The molecule has 19 heavy (non-hydrogen) atoms. The van der Waals surface area contributed by atoms with Crippen LogP contribution in [-0.4, -0.2) is 5.78 Å². The van der Waals surface area contributed by atoms with Crippen LogP contribution in [0.15, 0.2) is 42.5 Å². The molecular formula is C15H12ClNO2. The molecule has 3 nitrogen and oxygen atoms in total. The van der Waals surface area contributed by atoms with Gasteiger partial charge < -0.3 is 10.5 Å². The predicted octanol–water partition coefficient (Wildman–Crippen LogP) is 3.63. The van der Waals surface area contributed by atoms with Crippen LogP contribution >= 0.6 is 11.6 Å². The van der Waals surface area contributed by atoms with E-state index in [1.165, 1.54) is 0 Å². The number of benzene rings is 2. The molecule has 0 aromatic heterocycles. The van der Waals surface area contributed by atoms with Crippen molar-refractivity contribution in [1.82, 2.24) is 0 Å². The summed E-state index contributed by atoms with van der Waals surface area (Å²) in [6.07, 6.45) is 0.0116. The van der Waals surface area contributed by atoms with Crippen LogP contribution < -0.4 is 10.5 Å². The van der Waals surface area contributed by atoms with Crippen LogP contribution in [0.4, 0.5) is 5.69 Å². The summed E-state index contributed by atoms with van der Waals surface area (Å²) in [4.78, 5) is 12.1. The van der Waals surface area contributed by atoms with Crippen LogP contribution in [-0.2, 0) is 0 Å². The van der Waals surface area contributed by atoms with Gasteiger partial charge in [0.2, 0.25) is 0 Å². The first-order valence-electron chi connectivity index (χ1n) is 5.98. The van der Waals surface area contributed by atoms with Gasteiger partial charge in [-0.2, -0.15) is 0 Å². The molecule has 0 aliphatic carbocycles. The first-order valence-corrected chi connectivity index (χ1v) is 6.36. The fourth-order valence-electron chi connectivity index (χ4n) is 2.23. The van der Waals surface area contributed by atoms with E-state index in [0.717, 1.165) is 5.56 Å². The third-order valence-electron chi connectivity index (χ3n) is 3.17. The second-order valence-electron chi connectivity index (χ2n) is 4.54. The second kappa shape index (κ2) is 4.59. The first kappa shape index (κ1) is 12.1. The number of hydrogen-bond acceptors (Lipinski definition) is 3. The Kier molecular flexibility index (Phi) is 2.91. The molecule has 1 atom stereocenters. The second-order valence-corrected chi connectivity index (χ2v) is 4.98. The number of anilines is 1. The van der Waals surface area contributed by atoms with E-state index in [-0.39, 0.29) is 11.9 Å². The van der Waals surface area contributed by atoms with E-state index in [1.54, 1.807) is 24.3 Å². The third-order valence-corrected chi connectivity index (χ3v) is 3.40. The van der Waals surface area contributed by atoms with Gasteiger partial charge >= 0.3 is 0 Å². The smallest absolute Gasteiger partial charge is 0.170 e. The summed E-state index contributed by atoms with van der Waals surface area (Å²) in [6, 6.07) is 12.5. The summed E-state index contributed by atoms with van der Waals surface area (Å²) in [5.74, 6) is 0.604. The van der Waals surface area contributed by atoms with Gasteiger partial charge in [-0.05, 0) is 29.8 Å². The van der Waals surface area contributed by atoms with Crippen molar-refractivity contribution in [2.45, 2.75) is 12.5 Å². The zero-order valence-corrected chi connectivity index (χ0v) is 10.9. The highest BCUT2D eigenvalue weighted by Crippen LogP contribution is 2.36. The lowest BCUT2D eigenvalue weighted by Gasteiger charge is -2.25. The SMILES string of the molecule is Nc1ccc2c(c1)OC(c1cccc(Cl)c1)CC2=O. The number of carbonyl (C=O) groups excluding carboxylic acids is 1. The summed E-state index contributed by atoms with van der Waals surface area (Å²) in [6.45, 7) is 0. The monoisotopic (exact) mass is 273 g/mol. The van der Waals surface area contributed by atoms with E-state index in [4.69, 9.17) is 22.1 Å². The van der Waals surface area contributed by atoms with Crippen LogP contribution in [0.3, 0.4) is 0 Å². The van der Waals surface area contributed by atoms with E-state index in [9.17, 15) is 4.79 Å². The lowest BCUT2D eigenvalue weighted by Crippen LogP contribution is -2.20. The van der Waals surface area contributed by atoms with Gasteiger partial charge in [-0.15, -0.1) is 0 Å². The van der Waals surface area contributed by atoms with Gasteiger partial charge in [-0.3, -0.25) is 4.79 Å². The number of Topliss-reactive ketones (excluding diaryl/α,β-unsaturated/α-hetero) is 1. The number of ether oxygens (including phenoxy) is 1. The van der Waals surface area contributed by atoms with Crippen LogP contribution in [0.2, 0.25) is 5.02 Å². The summed E-state index contributed by atoms with van der Waals surface area (Å²) >= 11 is 5.97. The molecule has 4 heteroatoms. The summed E-state index contributed by atoms with van der Waals surface area (Å²) in [7, 11) is 0. The van der Waals surface area contributed by atoms with Crippen molar-refractivity contribution in [1.29, 1.82) is 0 Å². The van der Waals surface area contributed by atoms with Crippen LogP contribution in [0, 0.1) is 0 Å². The largest absolute Gasteiger partial charge is 0.484 e.